The van der Waals surface area contributed by atoms with E-state index in [-0.39, 0.29) is 5.91 Å². The first-order chi connectivity index (χ1) is 9.70. The summed E-state index contributed by atoms with van der Waals surface area (Å²) in [5.74, 6) is -0.194. The number of nitrogens with one attached hydrogen (secondary N) is 1. The summed E-state index contributed by atoms with van der Waals surface area (Å²) in [4.78, 5) is 13.1. The molecule has 0 spiro atoms. The topological polar surface area (TPSA) is 41.5 Å². The molecule has 0 heterocycles. The molecule has 0 aliphatic carbocycles. The van der Waals surface area contributed by atoms with E-state index >= 15 is 0 Å². The zero-order valence-electron chi connectivity index (χ0n) is 11.5. The first-order valence-corrected chi connectivity index (χ1v) is 7.46. The van der Waals surface area contributed by atoms with Crippen molar-refractivity contribution >= 4 is 23.9 Å². The number of amides is 1. The number of nitrogens with zero attached hydrogens (tertiary/aromatic N) is 1. The maximum absolute atomic E-state index is 11.9. The van der Waals surface area contributed by atoms with E-state index in [1.165, 1.54) is 4.90 Å². The van der Waals surface area contributed by atoms with Crippen LogP contribution in [0.4, 0.5) is 0 Å². The molecular weight excluding hydrogens is 268 g/mol. The quantitative estimate of drug-likeness (QED) is 0.530. The fourth-order valence-electron chi connectivity index (χ4n) is 1.74. The zero-order valence-corrected chi connectivity index (χ0v) is 12.3. The molecule has 0 radical (unpaired) electrons. The van der Waals surface area contributed by atoms with Crippen LogP contribution >= 0.6 is 11.8 Å². The molecule has 2 aromatic rings. The summed E-state index contributed by atoms with van der Waals surface area (Å²) in [6, 6.07) is 15.4. The van der Waals surface area contributed by atoms with E-state index in [1.54, 1.807) is 24.0 Å². The van der Waals surface area contributed by atoms with Gasteiger partial charge in [-0.05, 0) is 42.5 Å². The third-order valence-electron chi connectivity index (χ3n) is 2.89. The Bertz CT molecular complexity index is 621. The van der Waals surface area contributed by atoms with Crippen LogP contribution in [-0.4, -0.2) is 18.4 Å². The van der Waals surface area contributed by atoms with Crippen LogP contribution in [0.2, 0.25) is 0 Å². The maximum atomic E-state index is 11.9. The van der Waals surface area contributed by atoms with Crippen molar-refractivity contribution in [1.82, 2.24) is 5.43 Å². The Hall–Kier alpha value is -2.07. The van der Waals surface area contributed by atoms with Crippen LogP contribution in [0.25, 0.3) is 0 Å². The standard InChI is InChI=1S/C16H16N2OS/c1-12-5-3-4-6-15(12)16(19)18-17-11-13-7-9-14(20-2)10-8-13/h3-11H,1-2H3,(H,18,19)/b17-11+. The van der Waals surface area contributed by atoms with Crippen LogP contribution in [0.3, 0.4) is 0 Å². The van der Waals surface area contributed by atoms with Gasteiger partial charge in [0.15, 0.2) is 0 Å². The predicted octanol–water partition coefficient (Wildman–Crippen LogP) is 3.48. The molecule has 1 amide bonds. The Balaban J connectivity index is 1.99. The maximum Gasteiger partial charge on any atom is 0.271 e. The van der Waals surface area contributed by atoms with Gasteiger partial charge in [0.2, 0.25) is 0 Å². The number of rotatable bonds is 4. The van der Waals surface area contributed by atoms with Crippen LogP contribution in [0.15, 0.2) is 58.5 Å². The van der Waals surface area contributed by atoms with Crippen LogP contribution in [0.5, 0.6) is 0 Å². The largest absolute Gasteiger partial charge is 0.271 e. The van der Waals surface area contributed by atoms with Crippen molar-refractivity contribution in [3.8, 4) is 0 Å². The third kappa shape index (κ3) is 3.71. The minimum absolute atomic E-state index is 0.194. The molecule has 20 heavy (non-hydrogen) atoms. The van der Waals surface area contributed by atoms with E-state index in [9.17, 15) is 4.79 Å². The number of aryl methyl sites for hydroxylation is 1. The number of carbonyl (C=O) groups is 1. The minimum atomic E-state index is -0.194. The lowest BCUT2D eigenvalue weighted by molar-refractivity contribution is 0.0954. The molecule has 0 saturated carbocycles. The second-order valence-corrected chi connectivity index (χ2v) is 5.17. The van der Waals surface area contributed by atoms with Crippen molar-refractivity contribution in [2.24, 2.45) is 5.10 Å². The van der Waals surface area contributed by atoms with Crippen molar-refractivity contribution in [3.05, 3.63) is 65.2 Å². The van der Waals surface area contributed by atoms with E-state index in [4.69, 9.17) is 0 Å². The summed E-state index contributed by atoms with van der Waals surface area (Å²) >= 11 is 1.69. The van der Waals surface area contributed by atoms with Crippen LogP contribution in [0, 0.1) is 6.92 Å². The van der Waals surface area contributed by atoms with Gasteiger partial charge in [-0.2, -0.15) is 5.10 Å². The Labute approximate surface area is 123 Å². The lowest BCUT2D eigenvalue weighted by Gasteiger charge is -2.03. The zero-order chi connectivity index (χ0) is 14.4. The van der Waals surface area contributed by atoms with Gasteiger partial charge in [-0.3, -0.25) is 4.79 Å². The molecule has 0 saturated heterocycles. The molecule has 0 aliphatic heterocycles. The van der Waals surface area contributed by atoms with Crippen molar-refractivity contribution < 1.29 is 4.79 Å². The molecular formula is C16H16N2OS. The van der Waals surface area contributed by atoms with Crippen molar-refractivity contribution in [2.75, 3.05) is 6.26 Å². The highest BCUT2D eigenvalue weighted by atomic mass is 32.2. The van der Waals surface area contributed by atoms with Gasteiger partial charge in [0, 0.05) is 10.5 Å². The highest BCUT2D eigenvalue weighted by molar-refractivity contribution is 7.98. The summed E-state index contributed by atoms with van der Waals surface area (Å²) in [6.45, 7) is 1.90. The first-order valence-electron chi connectivity index (χ1n) is 6.24. The van der Waals surface area contributed by atoms with Gasteiger partial charge < -0.3 is 0 Å². The molecule has 0 aromatic heterocycles. The number of hydrogen-bond acceptors (Lipinski definition) is 3. The summed E-state index contributed by atoms with van der Waals surface area (Å²) in [7, 11) is 0. The molecule has 4 heteroatoms. The van der Waals surface area contributed by atoms with Gasteiger partial charge in [-0.1, -0.05) is 30.3 Å². The average molecular weight is 284 g/mol. The molecule has 2 rings (SSSR count). The van der Waals surface area contributed by atoms with Gasteiger partial charge in [-0.25, -0.2) is 5.43 Å². The molecule has 0 aliphatic rings. The summed E-state index contributed by atoms with van der Waals surface area (Å²) in [6.07, 6.45) is 3.67. The van der Waals surface area contributed by atoms with Crippen LogP contribution in [-0.2, 0) is 0 Å². The van der Waals surface area contributed by atoms with E-state index in [0.717, 1.165) is 11.1 Å². The smallest absolute Gasteiger partial charge is 0.267 e. The summed E-state index contributed by atoms with van der Waals surface area (Å²) in [5, 5.41) is 3.98. The molecule has 2 aromatic carbocycles. The van der Waals surface area contributed by atoms with E-state index in [1.807, 2.05) is 55.6 Å². The fourth-order valence-corrected chi connectivity index (χ4v) is 2.15. The molecule has 0 unspecified atom stereocenters. The van der Waals surface area contributed by atoms with Gasteiger partial charge in [0.25, 0.3) is 5.91 Å². The second kappa shape index (κ2) is 6.91. The molecule has 102 valence electrons. The second-order valence-electron chi connectivity index (χ2n) is 4.29. The van der Waals surface area contributed by atoms with Gasteiger partial charge in [0.05, 0.1) is 6.21 Å². The van der Waals surface area contributed by atoms with E-state index in [2.05, 4.69) is 10.5 Å². The molecule has 0 fully saturated rings. The highest BCUT2D eigenvalue weighted by Gasteiger charge is 2.05. The van der Waals surface area contributed by atoms with Crippen LogP contribution < -0.4 is 5.43 Å². The lowest BCUT2D eigenvalue weighted by Crippen LogP contribution is -2.18. The SMILES string of the molecule is CSc1ccc(/C=N/NC(=O)c2ccccc2C)cc1. The number of carbonyl (C=O) groups excluding carboxylic acids is 1. The summed E-state index contributed by atoms with van der Waals surface area (Å²) < 4.78 is 0. The van der Waals surface area contributed by atoms with Gasteiger partial charge in [-0.15, -0.1) is 11.8 Å². The van der Waals surface area contributed by atoms with E-state index < -0.39 is 0 Å². The number of thioether (sulfide) groups is 1. The lowest BCUT2D eigenvalue weighted by atomic mass is 10.1. The number of hydrogen-bond donors (Lipinski definition) is 1. The molecule has 0 bridgehead atoms. The number of benzene rings is 2. The predicted molar refractivity (Wildman–Crippen MR) is 84.5 cm³/mol. The fraction of sp³-hybridized carbons (Fsp3) is 0.125. The first kappa shape index (κ1) is 14.3. The third-order valence-corrected chi connectivity index (χ3v) is 3.63. The highest BCUT2D eigenvalue weighted by Crippen LogP contribution is 2.13. The van der Waals surface area contributed by atoms with Crippen molar-refractivity contribution in [2.45, 2.75) is 11.8 Å². The van der Waals surface area contributed by atoms with Gasteiger partial charge >= 0.3 is 0 Å². The number of hydrazone groups is 1. The van der Waals surface area contributed by atoms with Crippen molar-refractivity contribution in [1.29, 1.82) is 0 Å². The Morgan fingerprint density at radius 1 is 1.15 bits per heavy atom. The normalized spacial score (nSPS) is 10.7. The van der Waals surface area contributed by atoms with Gasteiger partial charge in [0.1, 0.15) is 0 Å². The minimum Gasteiger partial charge on any atom is -0.267 e. The van der Waals surface area contributed by atoms with Crippen LogP contribution in [0.1, 0.15) is 21.5 Å². The summed E-state index contributed by atoms with van der Waals surface area (Å²) in [5.41, 5.74) is 5.07. The Kier molecular flexibility index (Phi) is 4.96. The molecule has 1 N–H and O–H groups in total. The van der Waals surface area contributed by atoms with Crippen molar-refractivity contribution in [3.63, 3.8) is 0 Å². The molecule has 3 nitrogen and oxygen atoms in total. The molecule has 0 atom stereocenters. The van der Waals surface area contributed by atoms with E-state index in [0.29, 0.717) is 5.56 Å². The monoisotopic (exact) mass is 284 g/mol. The Morgan fingerprint density at radius 2 is 1.85 bits per heavy atom. The Morgan fingerprint density at radius 3 is 2.50 bits per heavy atom. The average Bonchev–Trinajstić information content (AvgIpc) is 2.48.